The molecule has 0 bridgehead atoms. The van der Waals surface area contributed by atoms with Crippen molar-refractivity contribution in [3.63, 3.8) is 0 Å². The molecule has 1 aliphatic heterocycles. The van der Waals surface area contributed by atoms with Gasteiger partial charge in [-0.05, 0) is 31.2 Å². The molecule has 0 saturated carbocycles. The molecule has 0 unspecified atom stereocenters. The molecule has 1 fully saturated rings. The number of ether oxygens (including phenoxy) is 1. The van der Waals surface area contributed by atoms with Crippen LogP contribution in [0.15, 0.2) is 53.0 Å². The minimum Gasteiger partial charge on any atom is -0.492 e. The summed E-state index contributed by atoms with van der Waals surface area (Å²) in [5.41, 5.74) is 2.63. The lowest BCUT2D eigenvalue weighted by molar-refractivity contribution is -0.914. The molecule has 23 heavy (non-hydrogen) atoms. The van der Waals surface area contributed by atoms with Crippen LogP contribution in [0.3, 0.4) is 0 Å². The van der Waals surface area contributed by atoms with E-state index in [1.54, 1.807) is 4.90 Å². The Balaban J connectivity index is 1.60. The summed E-state index contributed by atoms with van der Waals surface area (Å²) in [4.78, 5) is 4.10. The number of nitrogens with one attached hydrogen (secondary N) is 1. The second kappa shape index (κ2) is 7.84. The maximum atomic E-state index is 5.77. The highest BCUT2D eigenvalue weighted by Crippen LogP contribution is 2.27. The lowest BCUT2D eigenvalue weighted by Crippen LogP contribution is -3.13. The van der Waals surface area contributed by atoms with Crippen LogP contribution in [-0.2, 0) is 6.54 Å². The monoisotopic (exact) mass is 375 g/mol. The summed E-state index contributed by atoms with van der Waals surface area (Å²) < 4.78 is 6.94. The van der Waals surface area contributed by atoms with Gasteiger partial charge in [0.05, 0.1) is 38.5 Å². The summed E-state index contributed by atoms with van der Waals surface area (Å²) in [5.74, 6) is 1.01. The van der Waals surface area contributed by atoms with E-state index in [9.17, 15) is 0 Å². The lowest BCUT2D eigenvalue weighted by atomic mass is 10.2. The molecular weight excluding hydrogens is 352 g/mol. The van der Waals surface area contributed by atoms with Crippen molar-refractivity contribution in [1.29, 1.82) is 0 Å². The maximum Gasteiger partial charge on any atom is 0.142 e. The van der Waals surface area contributed by atoms with Gasteiger partial charge in [-0.1, -0.05) is 40.2 Å². The van der Waals surface area contributed by atoms with Gasteiger partial charge in [-0.2, -0.15) is 0 Å². The number of anilines is 1. The average molecular weight is 376 g/mol. The van der Waals surface area contributed by atoms with Gasteiger partial charge in [-0.15, -0.1) is 0 Å². The standard InChI is InChI=1S/C19H23BrN2O/c1-2-23-19-9-4-3-8-18(19)22-12-10-21(11-13-22)15-16-6-5-7-17(20)14-16/h3-9,14H,2,10-13,15H2,1H3/p+1. The molecule has 1 heterocycles. The highest BCUT2D eigenvalue weighted by Gasteiger charge is 2.22. The van der Waals surface area contributed by atoms with E-state index < -0.39 is 0 Å². The molecular formula is C19H24BrN2O+. The predicted octanol–water partition coefficient (Wildman–Crippen LogP) is 2.75. The Bertz CT molecular complexity index is 639. The zero-order valence-corrected chi connectivity index (χ0v) is 15.2. The van der Waals surface area contributed by atoms with Crippen molar-refractivity contribution >= 4 is 21.6 Å². The van der Waals surface area contributed by atoms with Crippen molar-refractivity contribution in [2.75, 3.05) is 37.7 Å². The van der Waals surface area contributed by atoms with Crippen LogP contribution in [0.2, 0.25) is 0 Å². The Morgan fingerprint density at radius 2 is 1.87 bits per heavy atom. The zero-order chi connectivity index (χ0) is 16.1. The number of quaternary nitrogens is 1. The molecule has 0 aromatic heterocycles. The minimum atomic E-state index is 0.713. The Morgan fingerprint density at radius 1 is 1.09 bits per heavy atom. The van der Waals surface area contributed by atoms with E-state index in [1.807, 2.05) is 13.0 Å². The fraction of sp³-hybridized carbons (Fsp3) is 0.368. The van der Waals surface area contributed by atoms with Crippen molar-refractivity contribution in [3.8, 4) is 5.75 Å². The van der Waals surface area contributed by atoms with Gasteiger partial charge in [-0.25, -0.2) is 0 Å². The molecule has 3 rings (SSSR count). The quantitative estimate of drug-likeness (QED) is 0.865. The van der Waals surface area contributed by atoms with Crippen LogP contribution >= 0.6 is 15.9 Å². The largest absolute Gasteiger partial charge is 0.492 e. The van der Waals surface area contributed by atoms with Gasteiger partial charge in [0.2, 0.25) is 0 Å². The Hall–Kier alpha value is -1.52. The summed E-state index contributed by atoms with van der Waals surface area (Å²) in [6.45, 7) is 8.32. The van der Waals surface area contributed by atoms with Crippen LogP contribution in [0.25, 0.3) is 0 Å². The molecule has 122 valence electrons. The minimum absolute atomic E-state index is 0.713. The second-order valence-corrected chi connectivity index (χ2v) is 6.86. The lowest BCUT2D eigenvalue weighted by Gasteiger charge is -2.34. The number of benzene rings is 2. The van der Waals surface area contributed by atoms with Gasteiger partial charge in [0, 0.05) is 10.0 Å². The summed E-state index contributed by atoms with van der Waals surface area (Å²) in [7, 11) is 0. The van der Waals surface area contributed by atoms with Crippen LogP contribution < -0.4 is 14.5 Å². The summed E-state index contributed by atoms with van der Waals surface area (Å²) >= 11 is 3.56. The number of para-hydroxylation sites is 2. The van der Waals surface area contributed by atoms with Crippen molar-refractivity contribution in [2.45, 2.75) is 13.5 Å². The van der Waals surface area contributed by atoms with Gasteiger partial charge < -0.3 is 14.5 Å². The molecule has 2 aromatic rings. The van der Waals surface area contributed by atoms with E-state index in [2.05, 4.69) is 63.3 Å². The SMILES string of the molecule is CCOc1ccccc1N1CC[NH+](Cc2cccc(Br)c2)CC1. The van der Waals surface area contributed by atoms with E-state index in [0.29, 0.717) is 6.61 Å². The van der Waals surface area contributed by atoms with Crippen LogP contribution in [0.1, 0.15) is 12.5 Å². The molecule has 0 aliphatic carbocycles. The van der Waals surface area contributed by atoms with Gasteiger partial charge >= 0.3 is 0 Å². The average Bonchev–Trinajstić information content (AvgIpc) is 2.57. The van der Waals surface area contributed by atoms with Crippen LogP contribution in [0.4, 0.5) is 5.69 Å². The third kappa shape index (κ3) is 4.27. The number of halogens is 1. The molecule has 3 nitrogen and oxygen atoms in total. The van der Waals surface area contributed by atoms with Crippen LogP contribution in [-0.4, -0.2) is 32.8 Å². The molecule has 1 N–H and O–H groups in total. The Kier molecular flexibility index (Phi) is 5.57. The number of hydrogen-bond donors (Lipinski definition) is 1. The first kappa shape index (κ1) is 16.3. The number of rotatable bonds is 5. The van der Waals surface area contributed by atoms with Gasteiger partial charge in [0.15, 0.2) is 0 Å². The Labute approximate surface area is 147 Å². The topological polar surface area (TPSA) is 16.9 Å². The van der Waals surface area contributed by atoms with Crippen LogP contribution in [0.5, 0.6) is 5.75 Å². The van der Waals surface area contributed by atoms with Crippen molar-refractivity contribution in [1.82, 2.24) is 0 Å². The van der Waals surface area contributed by atoms with Gasteiger partial charge in [-0.3, -0.25) is 0 Å². The molecule has 0 atom stereocenters. The number of hydrogen-bond acceptors (Lipinski definition) is 2. The third-order valence-corrected chi connectivity index (χ3v) is 4.81. The first-order chi connectivity index (χ1) is 11.3. The van der Waals surface area contributed by atoms with Gasteiger partial charge in [0.25, 0.3) is 0 Å². The number of nitrogens with zero attached hydrogens (tertiary/aromatic N) is 1. The molecule has 0 amide bonds. The van der Waals surface area contributed by atoms with Crippen molar-refractivity contribution in [2.24, 2.45) is 0 Å². The highest BCUT2D eigenvalue weighted by molar-refractivity contribution is 9.10. The molecule has 1 saturated heterocycles. The van der Waals surface area contributed by atoms with E-state index in [4.69, 9.17) is 4.74 Å². The molecule has 1 aliphatic rings. The highest BCUT2D eigenvalue weighted by atomic mass is 79.9. The Morgan fingerprint density at radius 3 is 2.61 bits per heavy atom. The molecule has 0 spiro atoms. The first-order valence-electron chi connectivity index (χ1n) is 8.31. The third-order valence-electron chi connectivity index (χ3n) is 4.32. The predicted molar refractivity (Wildman–Crippen MR) is 98.4 cm³/mol. The van der Waals surface area contributed by atoms with Crippen LogP contribution in [0, 0.1) is 0 Å². The van der Waals surface area contributed by atoms with E-state index in [1.165, 1.54) is 15.7 Å². The van der Waals surface area contributed by atoms with E-state index in [-0.39, 0.29) is 0 Å². The summed E-state index contributed by atoms with van der Waals surface area (Å²) in [6.07, 6.45) is 0. The second-order valence-electron chi connectivity index (χ2n) is 5.94. The van der Waals surface area contributed by atoms with Crippen molar-refractivity contribution < 1.29 is 9.64 Å². The fourth-order valence-electron chi connectivity index (χ4n) is 3.17. The van der Waals surface area contributed by atoms with E-state index in [0.717, 1.165) is 38.5 Å². The summed E-state index contributed by atoms with van der Waals surface area (Å²) in [5, 5.41) is 0. The maximum absolute atomic E-state index is 5.77. The molecule has 2 aromatic carbocycles. The fourth-order valence-corrected chi connectivity index (χ4v) is 3.62. The molecule has 0 radical (unpaired) electrons. The smallest absolute Gasteiger partial charge is 0.142 e. The number of piperazine rings is 1. The zero-order valence-electron chi connectivity index (χ0n) is 13.6. The summed E-state index contributed by atoms with van der Waals surface area (Å²) in [6, 6.07) is 17.0. The first-order valence-corrected chi connectivity index (χ1v) is 9.10. The molecule has 4 heteroatoms. The van der Waals surface area contributed by atoms with Crippen molar-refractivity contribution in [3.05, 3.63) is 58.6 Å². The van der Waals surface area contributed by atoms with E-state index >= 15 is 0 Å². The van der Waals surface area contributed by atoms with Gasteiger partial charge in [0.1, 0.15) is 12.3 Å². The normalized spacial score (nSPS) is 15.7.